The predicted octanol–water partition coefficient (Wildman–Crippen LogP) is -0.700. The number of carbonyl (C=O) groups excluding carboxylic acids is 2. The van der Waals surface area contributed by atoms with Crippen molar-refractivity contribution in [3.8, 4) is 0 Å². The number of nitrogen functional groups attached to an aromatic ring is 1. The van der Waals surface area contributed by atoms with Crippen LogP contribution in [0.5, 0.6) is 0 Å². The molecule has 0 radical (unpaired) electrons. The lowest BCUT2D eigenvalue weighted by molar-refractivity contribution is -0.132. The summed E-state index contributed by atoms with van der Waals surface area (Å²) in [5.41, 5.74) is 5.70. The molecule has 1 aromatic rings. The summed E-state index contributed by atoms with van der Waals surface area (Å²) in [7, 11) is 0. The van der Waals surface area contributed by atoms with Crippen LogP contribution in [0.25, 0.3) is 0 Å². The molecule has 2 amide bonds. The van der Waals surface area contributed by atoms with Gasteiger partial charge >= 0.3 is 0 Å². The van der Waals surface area contributed by atoms with Gasteiger partial charge in [0.25, 0.3) is 0 Å². The number of carbonyl (C=O) groups is 2. The summed E-state index contributed by atoms with van der Waals surface area (Å²) in [6.45, 7) is 1.92. The number of hydrogen-bond donors (Lipinski definition) is 2. The number of nitrogens with one attached hydrogen (secondary N) is 1. The van der Waals surface area contributed by atoms with Crippen molar-refractivity contribution in [1.29, 1.82) is 0 Å². The first-order valence-electron chi connectivity index (χ1n) is 5.30. The van der Waals surface area contributed by atoms with E-state index in [1.165, 1.54) is 12.4 Å². The van der Waals surface area contributed by atoms with E-state index in [-0.39, 0.29) is 24.2 Å². The first-order valence-corrected chi connectivity index (χ1v) is 5.30. The van der Waals surface area contributed by atoms with E-state index in [0.717, 1.165) is 0 Å². The van der Waals surface area contributed by atoms with Crippen LogP contribution < -0.4 is 16.0 Å². The van der Waals surface area contributed by atoms with E-state index < -0.39 is 6.04 Å². The molecule has 90 valence electrons. The molecule has 0 spiro atoms. The molecule has 0 bridgehead atoms. The molecule has 1 atom stereocenters. The van der Waals surface area contributed by atoms with Crippen LogP contribution in [0.1, 0.15) is 13.3 Å². The molecule has 1 fully saturated rings. The molecule has 0 aromatic carbocycles. The molecule has 0 aliphatic carbocycles. The van der Waals surface area contributed by atoms with Crippen molar-refractivity contribution in [1.82, 2.24) is 15.3 Å². The maximum Gasteiger partial charge on any atom is 0.249 e. The molecule has 1 aliphatic heterocycles. The largest absolute Gasteiger partial charge is 0.381 e. The SMILES string of the molecule is CCC1C(=O)NC(=O)CN1c1nccnc1N. The Morgan fingerprint density at radius 3 is 2.82 bits per heavy atom. The van der Waals surface area contributed by atoms with Gasteiger partial charge in [0, 0.05) is 12.4 Å². The van der Waals surface area contributed by atoms with Crippen molar-refractivity contribution < 1.29 is 9.59 Å². The third kappa shape index (κ3) is 2.03. The highest BCUT2D eigenvalue weighted by atomic mass is 16.2. The van der Waals surface area contributed by atoms with Crippen LogP contribution >= 0.6 is 0 Å². The lowest BCUT2D eigenvalue weighted by atomic mass is 10.1. The molecule has 2 rings (SSSR count). The highest BCUT2D eigenvalue weighted by Crippen LogP contribution is 2.22. The Kier molecular flexibility index (Phi) is 2.90. The Labute approximate surface area is 98.0 Å². The number of hydrogen-bond acceptors (Lipinski definition) is 6. The molecule has 3 N–H and O–H groups in total. The number of aromatic nitrogens is 2. The second kappa shape index (κ2) is 4.36. The molecule has 7 nitrogen and oxygen atoms in total. The summed E-state index contributed by atoms with van der Waals surface area (Å²) >= 11 is 0. The van der Waals surface area contributed by atoms with Crippen molar-refractivity contribution in [3.05, 3.63) is 12.4 Å². The Morgan fingerprint density at radius 2 is 2.18 bits per heavy atom. The average molecular weight is 235 g/mol. The molecule has 1 unspecified atom stereocenters. The first-order chi connectivity index (χ1) is 8.13. The van der Waals surface area contributed by atoms with Crippen molar-refractivity contribution in [2.75, 3.05) is 17.2 Å². The fourth-order valence-corrected chi connectivity index (χ4v) is 1.86. The van der Waals surface area contributed by atoms with Gasteiger partial charge in [0.15, 0.2) is 11.6 Å². The number of nitrogens with zero attached hydrogens (tertiary/aromatic N) is 3. The van der Waals surface area contributed by atoms with Crippen LogP contribution in [-0.4, -0.2) is 34.4 Å². The number of rotatable bonds is 2. The van der Waals surface area contributed by atoms with Crippen LogP contribution in [0, 0.1) is 0 Å². The second-order valence-corrected chi connectivity index (χ2v) is 3.73. The molecule has 1 saturated heterocycles. The number of nitrogens with two attached hydrogens (primary N) is 1. The van der Waals surface area contributed by atoms with Gasteiger partial charge in [0.05, 0.1) is 6.54 Å². The van der Waals surface area contributed by atoms with Gasteiger partial charge in [-0.15, -0.1) is 0 Å². The molecular weight excluding hydrogens is 222 g/mol. The maximum absolute atomic E-state index is 11.7. The molecule has 17 heavy (non-hydrogen) atoms. The van der Waals surface area contributed by atoms with E-state index in [4.69, 9.17) is 5.73 Å². The predicted molar refractivity (Wildman–Crippen MR) is 61.0 cm³/mol. The molecule has 1 aliphatic rings. The Hall–Kier alpha value is -2.18. The summed E-state index contributed by atoms with van der Waals surface area (Å²) in [4.78, 5) is 32.6. The van der Waals surface area contributed by atoms with Gasteiger partial charge in [-0.25, -0.2) is 9.97 Å². The third-order valence-corrected chi connectivity index (χ3v) is 2.62. The molecule has 0 saturated carbocycles. The monoisotopic (exact) mass is 235 g/mol. The topological polar surface area (TPSA) is 101 Å². The minimum atomic E-state index is -0.438. The van der Waals surface area contributed by atoms with E-state index in [1.54, 1.807) is 4.90 Å². The van der Waals surface area contributed by atoms with Crippen LogP contribution in [0.15, 0.2) is 12.4 Å². The lowest BCUT2D eigenvalue weighted by Gasteiger charge is -2.34. The van der Waals surface area contributed by atoms with Crippen LogP contribution in [0.2, 0.25) is 0 Å². The number of amides is 2. The zero-order valence-electron chi connectivity index (χ0n) is 9.38. The van der Waals surface area contributed by atoms with Crippen LogP contribution in [0.4, 0.5) is 11.6 Å². The fourth-order valence-electron chi connectivity index (χ4n) is 1.86. The molecular formula is C10H13N5O2. The summed E-state index contributed by atoms with van der Waals surface area (Å²) < 4.78 is 0. The minimum Gasteiger partial charge on any atom is -0.381 e. The van der Waals surface area contributed by atoms with E-state index in [2.05, 4.69) is 15.3 Å². The average Bonchev–Trinajstić information content (AvgIpc) is 2.28. The van der Waals surface area contributed by atoms with Crippen molar-refractivity contribution in [2.45, 2.75) is 19.4 Å². The van der Waals surface area contributed by atoms with Gasteiger partial charge in [-0.05, 0) is 6.42 Å². The van der Waals surface area contributed by atoms with Crippen molar-refractivity contribution in [3.63, 3.8) is 0 Å². The zero-order valence-corrected chi connectivity index (χ0v) is 9.38. The molecule has 1 aromatic heterocycles. The first kappa shape index (κ1) is 11.3. The second-order valence-electron chi connectivity index (χ2n) is 3.73. The van der Waals surface area contributed by atoms with Gasteiger partial charge in [0.1, 0.15) is 6.04 Å². The molecule has 2 heterocycles. The standard InChI is InChI=1S/C10H13N5O2/c1-2-6-10(17)14-7(16)5-15(6)9-8(11)12-3-4-13-9/h3-4,6H,2,5H2,1H3,(H2,11,12)(H,14,16,17). The van der Waals surface area contributed by atoms with Crippen LogP contribution in [-0.2, 0) is 9.59 Å². The van der Waals surface area contributed by atoms with E-state index in [1.807, 2.05) is 6.92 Å². The van der Waals surface area contributed by atoms with Gasteiger partial charge in [0.2, 0.25) is 11.8 Å². The Balaban J connectivity index is 2.38. The van der Waals surface area contributed by atoms with Gasteiger partial charge < -0.3 is 10.6 Å². The quantitative estimate of drug-likeness (QED) is 0.657. The van der Waals surface area contributed by atoms with Gasteiger partial charge in [-0.3, -0.25) is 14.9 Å². The van der Waals surface area contributed by atoms with E-state index in [0.29, 0.717) is 12.2 Å². The summed E-state index contributed by atoms with van der Waals surface area (Å²) in [5.74, 6) is -0.0884. The van der Waals surface area contributed by atoms with Crippen molar-refractivity contribution >= 4 is 23.5 Å². The van der Waals surface area contributed by atoms with E-state index in [9.17, 15) is 9.59 Å². The number of imide groups is 1. The summed E-state index contributed by atoms with van der Waals surface area (Å²) in [6, 6.07) is -0.438. The van der Waals surface area contributed by atoms with Gasteiger partial charge in [-0.1, -0.05) is 6.92 Å². The highest BCUT2D eigenvalue weighted by Gasteiger charge is 2.34. The highest BCUT2D eigenvalue weighted by molar-refractivity contribution is 6.04. The zero-order chi connectivity index (χ0) is 12.4. The smallest absolute Gasteiger partial charge is 0.249 e. The van der Waals surface area contributed by atoms with Gasteiger partial charge in [-0.2, -0.15) is 0 Å². The van der Waals surface area contributed by atoms with E-state index >= 15 is 0 Å². The van der Waals surface area contributed by atoms with Crippen molar-refractivity contribution in [2.24, 2.45) is 0 Å². The maximum atomic E-state index is 11.7. The summed E-state index contributed by atoms with van der Waals surface area (Å²) in [6.07, 6.45) is 3.51. The Bertz CT molecular complexity index is 462. The third-order valence-electron chi connectivity index (χ3n) is 2.62. The normalized spacial score (nSPS) is 20.3. The number of anilines is 2. The lowest BCUT2D eigenvalue weighted by Crippen LogP contribution is -2.58. The number of piperazine rings is 1. The fraction of sp³-hybridized carbons (Fsp3) is 0.400. The summed E-state index contributed by atoms with van der Waals surface area (Å²) in [5, 5.41) is 2.29. The minimum absolute atomic E-state index is 0.0626. The molecule has 7 heteroatoms. The van der Waals surface area contributed by atoms with Crippen LogP contribution in [0.3, 0.4) is 0 Å². The Morgan fingerprint density at radius 1 is 1.47 bits per heavy atom.